The van der Waals surface area contributed by atoms with Gasteiger partial charge in [0.05, 0.1) is 17.2 Å². The minimum atomic E-state index is -0.508. The molecule has 0 fully saturated rings. The predicted molar refractivity (Wildman–Crippen MR) is 110 cm³/mol. The molecule has 0 aliphatic carbocycles. The average molecular weight is 404 g/mol. The molecule has 0 aliphatic rings. The molecule has 4 nitrogen and oxygen atoms in total. The lowest BCUT2D eigenvalue weighted by atomic mass is 9.93. The smallest absolute Gasteiger partial charge is 0.225 e. The zero-order chi connectivity index (χ0) is 17.2. The molecular weight excluding hydrogens is 377 g/mol. The summed E-state index contributed by atoms with van der Waals surface area (Å²) in [7, 11) is 0. The highest BCUT2D eigenvalue weighted by molar-refractivity contribution is 7.11. The second-order valence-electron chi connectivity index (χ2n) is 6.50. The van der Waals surface area contributed by atoms with E-state index in [0.717, 1.165) is 16.3 Å². The Bertz CT molecular complexity index is 669. The number of carbonyl (C=O) groups excluding carboxylic acids is 1. The number of aromatic nitrogens is 1. The summed E-state index contributed by atoms with van der Waals surface area (Å²) < 4.78 is 0. The van der Waals surface area contributed by atoms with Crippen molar-refractivity contribution in [3.8, 4) is 0 Å². The van der Waals surface area contributed by atoms with Crippen molar-refractivity contribution in [2.75, 3.05) is 0 Å². The molecule has 0 saturated carbocycles. The summed E-state index contributed by atoms with van der Waals surface area (Å²) in [5, 5.41) is 4.01. The summed E-state index contributed by atoms with van der Waals surface area (Å²) in [6.45, 7) is 9.84. The van der Waals surface area contributed by atoms with Crippen molar-refractivity contribution in [3.63, 3.8) is 0 Å². The highest BCUT2D eigenvalue weighted by atomic mass is 35.5. The Balaban J connectivity index is 0.00000288. The van der Waals surface area contributed by atoms with Gasteiger partial charge in [0.25, 0.3) is 0 Å². The van der Waals surface area contributed by atoms with Crippen molar-refractivity contribution >= 4 is 42.1 Å². The zero-order valence-corrected chi connectivity index (χ0v) is 17.6. The maximum atomic E-state index is 12.6. The Morgan fingerprint density at radius 2 is 1.76 bits per heavy atom. The fourth-order valence-electron chi connectivity index (χ4n) is 2.34. The van der Waals surface area contributed by atoms with Gasteiger partial charge >= 0.3 is 0 Å². The van der Waals surface area contributed by atoms with E-state index in [9.17, 15) is 4.79 Å². The van der Waals surface area contributed by atoms with Gasteiger partial charge in [-0.25, -0.2) is 4.98 Å². The number of benzene rings is 1. The van der Waals surface area contributed by atoms with Crippen molar-refractivity contribution in [1.29, 1.82) is 0 Å². The zero-order valence-electron chi connectivity index (χ0n) is 15.2. The van der Waals surface area contributed by atoms with Gasteiger partial charge in [0.2, 0.25) is 5.91 Å². The second kappa shape index (κ2) is 9.53. The van der Waals surface area contributed by atoms with Gasteiger partial charge in [0.1, 0.15) is 5.01 Å². The fraction of sp³-hybridized carbons (Fsp3) is 0.444. The predicted octanol–water partition coefficient (Wildman–Crippen LogP) is 4.29. The van der Waals surface area contributed by atoms with Crippen molar-refractivity contribution in [2.45, 2.75) is 46.2 Å². The summed E-state index contributed by atoms with van der Waals surface area (Å²) in [6.07, 6.45) is 0. The molecule has 0 aliphatic heterocycles. The molecule has 0 saturated heterocycles. The van der Waals surface area contributed by atoms with Crippen molar-refractivity contribution in [1.82, 2.24) is 10.3 Å². The third kappa shape index (κ3) is 5.68. The number of hydrogen-bond donors (Lipinski definition) is 2. The maximum absolute atomic E-state index is 12.6. The Labute approximate surface area is 166 Å². The van der Waals surface area contributed by atoms with Crippen molar-refractivity contribution in [2.24, 2.45) is 11.7 Å². The molecule has 140 valence electrons. The lowest BCUT2D eigenvalue weighted by Crippen LogP contribution is -2.45. The number of halogens is 2. The lowest BCUT2D eigenvalue weighted by Gasteiger charge is -2.28. The normalized spacial score (nSPS) is 13.2. The topological polar surface area (TPSA) is 68.0 Å². The number of nitrogens with zero attached hydrogens (tertiary/aromatic N) is 1. The van der Waals surface area contributed by atoms with E-state index in [1.807, 2.05) is 65.0 Å². The number of amides is 1. The van der Waals surface area contributed by atoms with Crippen LogP contribution in [0.1, 0.15) is 48.0 Å². The van der Waals surface area contributed by atoms with Crippen LogP contribution in [0.5, 0.6) is 0 Å². The van der Waals surface area contributed by atoms with Crippen LogP contribution in [0, 0.1) is 19.8 Å². The van der Waals surface area contributed by atoms with Gasteiger partial charge in [-0.3, -0.25) is 4.79 Å². The molecule has 1 aromatic carbocycles. The molecule has 7 heteroatoms. The van der Waals surface area contributed by atoms with Crippen LogP contribution in [-0.2, 0) is 10.3 Å². The monoisotopic (exact) mass is 403 g/mol. The van der Waals surface area contributed by atoms with E-state index < -0.39 is 5.54 Å². The van der Waals surface area contributed by atoms with E-state index >= 15 is 0 Å². The largest absolute Gasteiger partial charge is 0.344 e. The van der Waals surface area contributed by atoms with E-state index in [1.54, 1.807) is 11.3 Å². The molecule has 0 bridgehead atoms. The van der Waals surface area contributed by atoms with Crippen LogP contribution in [-0.4, -0.2) is 10.9 Å². The molecule has 1 heterocycles. The first-order valence-electron chi connectivity index (χ1n) is 7.79. The van der Waals surface area contributed by atoms with Crippen molar-refractivity contribution in [3.05, 3.63) is 51.5 Å². The Morgan fingerprint density at radius 1 is 1.20 bits per heavy atom. The molecule has 2 unspecified atom stereocenters. The molecule has 1 amide bonds. The van der Waals surface area contributed by atoms with Gasteiger partial charge in [0, 0.05) is 10.9 Å². The summed E-state index contributed by atoms with van der Waals surface area (Å²) in [5.74, 6) is -0.379. The SMILES string of the molecule is Cc1nc(C(C)(C)NC(=O)C(C)C(N)c2ccccc2)sc1C.Cl.Cl. The minimum absolute atomic E-state index is 0. The van der Waals surface area contributed by atoms with Gasteiger partial charge in [-0.05, 0) is 33.3 Å². The average Bonchev–Trinajstić information content (AvgIpc) is 2.86. The van der Waals surface area contributed by atoms with Crippen LogP contribution in [0.4, 0.5) is 0 Å². The maximum Gasteiger partial charge on any atom is 0.225 e. The quantitative estimate of drug-likeness (QED) is 0.781. The molecule has 0 radical (unpaired) electrons. The Morgan fingerprint density at radius 3 is 2.24 bits per heavy atom. The standard InChI is InChI=1S/C18H25N3OS.2ClH/c1-11(15(19)14-9-7-6-8-10-14)16(22)21-18(4,5)17-20-12(2)13(3)23-17;;/h6-11,15H,19H2,1-5H3,(H,21,22);2*1H. The van der Waals surface area contributed by atoms with Crippen LogP contribution >= 0.6 is 36.2 Å². The molecule has 25 heavy (non-hydrogen) atoms. The minimum Gasteiger partial charge on any atom is -0.344 e. The van der Waals surface area contributed by atoms with E-state index in [2.05, 4.69) is 10.3 Å². The van der Waals surface area contributed by atoms with Crippen LogP contribution < -0.4 is 11.1 Å². The molecule has 3 N–H and O–H groups in total. The van der Waals surface area contributed by atoms with Crippen LogP contribution in [0.25, 0.3) is 0 Å². The van der Waals surface area contributed by atoms with E-state index in [-0.39, 0.29) is 42.7 Å². The number of aryl methyl sites for hydroxylation is 2. The first-order chi connectivity index (χ1) is 10.7. The fourth-order valence-corrected chi connectivity index (χ4v) is 3.31. The number of nitrogens with one attached hydrogen (secondary N) is 1. The molecular formula is C18H27Cl2N3OS. The van der Waals surface area contributed by atoms with Crippen LogP contribution in [0.3, 0.4) is 0 Å². The van der Waals surface area contributed by atoms with E-state index in [4.69, 9.17) is 5.73 Å². The third-order valence-electron chi connectivity index (χ3n) is 4.14. The Hall–Kier alpha value is -1.14. The Kier molecular flexibility index (Phi) is 9.09. The number of nitrogens with two attached hydrogens (primary N) is 1. The van der Waals surface area contributed by atoms with Crippen LogP contribution in [0.2, 0.25) is 0 Å². The molecule has 2 aromatic rings. The first-order valence-corrected chi connectivity index (χ1v) is 8.61. The van der Waals surface area contributed by atoms with Gasteiger partial charge < -0.3 is 11.1 Å². The molecule has 0 spiro atoms. The van der Waals surface area contributed by atoms with Gasteiger partial charge in [-0.1, -0.05) is 37.3 Å². The molecule has 2 atom stereocenters. The van der Waals surface area contributed by atoms with Crippen molar-refractivity contribution < 1.29 is 4.79 Å². The highest BCUT2D eigenvalue weighted by Gasteiger charge is 2.31. The van der Waals surface area contributed by atoms with Crippen LogP contribution in [0.15, 0.2) is 30.3 Å². The summed E-state index contributed by atoms with van der Waals surface area (Å²) >= 11 is 1.62. The number of thiazole rings is 1. The summed E-state index contributed by atoms with van der Waals surface area (Å²) in [5.41, 5.74) is 7.72. The third-order valence-corrected chi connectivity index (χ3v) is 5.53. The summed E-state index contributed by atoms with van der Waals surface area (Å²) in [4.78, 5) is 18.4. The summed E-state index contributed by atoms with van der Waals surface area (Å²) in [6, 6.07) is 9.39. The van der Waals surface area contributed by atoms with Gasteiger partial charge in [0.15, 0.2) is 0 Å². The highest BCUT2D eigenvalue weighted by Crippen LogP contribution is 2.28. The number of rotatable bonds is 5. The number of hydrogen-bond acceptors (Lipinski definition) is 4. The lowest BCUT2D eigenvalue weighted by molar-refractivity contribution is -0.126. The van der Waals surface area contributed by atoms with E-state index in [1.165, 1.54) is 4.88 Å². The molecule has 1 aromatic heterocycles. The van der Waals surface area contributed by atoms with E-state index in [0.29, 0.717) is 0 Å². The second-order valence-corrected chi connectivity index (χ2v) is 7.70. The van der Waals surface area contributed by atoms with Gasteiger partial charge in [-0.15, -0.1) is 36.2 Å². The first kappa shape index (κ1) is 23.9. The number of carbonyl (C=O) groups is 1. The van der Waals surface area contributed by atoms with Gasteiger partial charge in [-0.2, -0.15) is 0 Å². The molecule has 2 rings (SSSR count).